The predicted molar refractivity (Wildman–Crippen MR) is 193 cm³/mol. The number of nitrogens with one attached hydrogen (secondary N) is 4. The van der Waals surface area contributed by atoms with Crippen molar-refractivity contribution in [1.82, 2.24) is 31.0 Å². The van der Waals surface area contributed by atoms with E-state index < -0.39 is 23.9 Å². The van der Waals surface area contributed by atoms with Crippen LogP contribution >= 0.6 is 0 Å². The molecule has 0 saturated carbocycles. The lowest BCUT2D eigenvalue weighted by Gasteiger charge is -2.22. The number of rotatable bonds is 6. The van der Waals surface area contributed by atoms with Crippen molar-refractivity contribution < 1.29 is 28.7 Å². The van der Waals surface area contributed by atoms with Crippen molar-refractivity contribution in [2.45, 2.75) is 58.0 Å². The van der Waals surface area contributed by atoms with E-state index >= 15 is 0 Å². The predicted octanol–water partition coefficient (Wildman–Crippen LogP) is 3.59. The van der Waals surface area contributed by atoms with E-state index in [-0.39, 0.29) is 43.4 Å². The van der Waals surface area contributed by atoms with Gasteiger partial charge in [0.2, 0.25) is 11.8 Å². The van der Waals surface area contributed by atoms with E-state index in [2.05, 4.69) is 26.4 Å². The number of nitrogens with zero attached hydrogens (tertiary/aromatic N) is 2. The van der Waals surface area contributed by atoms with Gasteiger partial charge in [-0.2, -0.15) is 5.10 Å². The third kappa shape index (κ3) is 10.2. The summed E-state index contributed by atoms with van der Waals surface area (Å²) in [6, 6.07) is 22.0. The molecule has 0 fully saturated rings. The number of fused-ring (bicyclic) bond motifs is 2. The van der Waals surface area contributed by atoms with Gasteiger partial charge in [0, 0.05) is 32.3 Å². The van der Waals surface area contributed by atoms with Gasteiger partial charge >= 0.3 is 0 Å². The summed E-state index contributed by atoms with van der Waals surface area (Å²) in [5, 5.41) is 16.2. The second-order valence-electron chi connectivity index (χ2n) is 12.6. The number of aromatic nitrogens is 2. The second kappa shape index (κ2) is 17.8. The number of hydrogen-bond donors (Lipinski definition) is 4. The van der Waals surface area contributed by atoms with Crippen LogP contribution in [-0.2, 0) is 29.5 Å². The molecule has 4 amide bonds. The van der Waals surface area contributed by atoms with Crippen molar-refractivity contribution in [2.75, 3.05) is 26.3 Å². The summed E-state index contributed by atoms with van der Waals surface area (Å²) in [4.78, 5) is 53.8. The van der Waals surface area contributed by atoms with E-state index in [4.69, 9.17) is 9.47 Å². The highest BCUT2D eigenvalue weighted by molar-refractivity contribution is 6.00. The zero-order valence-electron chi connectivity index (χ0n) is 29.4. The molecule has 51 heavy (non-hydrogen) atoms. The molecule has 0 unspecified atom stereocenters. The maximum Gasteiger partial charge on any atom is 0.255 e. The summed E-state index contributed by atoms with van der Waals surface area (Å²) >= 11 is 0. The van der Waals surface area contributed by atoms with Crippen LogP contribution in [0.3, 0.4) is 0 Å². The van der Waals surface area contributed by atoms with Crippen molar-refractivity contribution in [3.63, 3.8) is 0 Å². The smallest absolute Gasteiger partial charge is 0.255 e. The van der Waals surface area contributed by atoms with Crippen LogP contribution in [0.5, 0.6) is 11.5 Å². The standard InChI is InChI=1S/C39H46N6O6/c1-26-30(27(2)45(3)44-26)20-22-41-39(49)33-18-19-36(46)42-29(24-28-12-5-4-6-13-28)25-51-35-17-10-7-14-31(35)37(47)40-21-11-23-50-34-16-9-8-15-32(34)38(48)43-33/h4-10,12-17,29,33H,11,18-25H2,1-3H3,(H,40,47)(H,41,49)(H,42,46)(H,43,48)/t29-,33-/m0/s1. The van der Waals surface area contributed by atoms with Gasteiger partial charge in [-0.3, -0.25) is 23.9 Å². The number of amides is 4. The molecular formula is C39H46N6O6. The zero-order chi connectivity index (χ0) is 36.2. The van der Waals surface area contributed by atoms with E-state index in [1.54, 1.807) is 48.5 Å². The highest BCUT2D eigenvalue weighted by Crippen LogP contribution is 2.21. The van der Waals surface area contributed by atoms with Gasteiger partial charge in [-0.05, 0) is 74.9 Å². The highest BCUT2D eigenvalue weighted by Gasteiger charge is 2.25. The highest BCUT2D eigenvalue weighted by atomic mass is 16.5. The van der Waals surface area contributed by atoms with E-state index in [1.165, 1.54) is 0 Å². The first kappa shape index (κ1) is 36.6. The largest absolute Gasteiger partial charge is 0.493 e. The Morgan fingerprint density at radius 3 is 2.25 bits per heavy atom. The third-order valence-electron chi connectivity index (χ3n) is 8.87. The molecule has 0 radical (unpaired) electrons. The summed E-state index contributed by atoms with van der Waals surface area (Å²) in [6.07, 6.45) is 1.54. The molecule has 12 heteroatoms. The van der Waals surface area contributed by atoms with Crippen LogP contribution in [0, 0.1) is 13.8 Å². The van der Waals surface area contributed by atoms with Crippen molar-refractivity contribution in [3.05, 3.63) is 113 Å². The van der Waals surface area contributed by atoms with Gasteiger partial charge in [0.15, 0.2) is 0 Å². The zero-order valence-corrected chi connectivity index (χ0v) is 29.4. The lowest BCUT2D eigenvalue weighted by Crippen LogP contribution is -2.48. The minimum Gasteiger partial charge on any atom is -0.493 e. The van der Waals surface area contributed by atoms with Crippen molar-refractivity contribution in [1.29, 1.82) is 0 Å². The molecule has 5 rings (SSSR count). The van der Waals surface area contributed by atoms with Crippen LogP contribution in [0.15, 0.2) is 78.9 Å². The van der Waals surface area contributed by atoms with E-state index in [9.17, 15) is 19.2 Å². The Morgan fingerprint density at radius 2 is 1.55 bits per heavy atom. The van der Waals surface area contributed by atoms with Crippen LogP contribution < -0.4 is 30.7 Å². The number of benzene rings is 3. The molecule has 12 nitrogen and oxygen atoms in total. The first-order valence-electron chi connectivity index (χ1n) is 17.3. The van der Waals surface area contributed by atoms with Crippen molar-refractivity contribution in [3.8, 4) is 11.5 Å². The molecule has 268 valence electrons. The van der Waals surface area contributed by atoms with Gasteiger partial charge in [-0.25, -0.2) is 0 Å². The minimum absolute atomic E-state index is 0.0401. The van der Waals surface area contributed by atoms with Crippen molar-refractivity contribution >= 4 is 23.6 Å². The number of hydrogen-bond acceptors (Lipinski definition) is 7. The Labute approximate surface area is 298 Å². The fourth-order valence-electron chi connectivity index (χ4n) is 6.05. The molecule has 0 bridgehead atoms. The topological polar surface area (TPSA) is 153 Å². The molecule has 0 aliphatic carbocycles. The molecule has 2 heterocycles. The van der Waals surface area contributed by atoms with Crippen LogP contribution in [0.2, 0.25) is 0 Å². The number of aryl methyl sites for hydroxylation is 2. The second-order valence-corrected chi connectivity index (χ2v) is 12.6. The lowest BCUT2D eigenvalue weighted by atomic mass is 10.0. The summed E-state index contributed by atoms with van der Waals surface area (Å²) in [5.41, 5.74) is 4.60. The van der Waals surface area contributed by atoms with Gasteiger partial charge in [-0.15, -0.1) is 0 Å². The fourth-order valence-corrected chi connectivity index (χ4v) is 6.05. The van der Waals surface area contributed by atoms with Gasteiger partial charge in [0.1, 0.15) is 24.1 Å². The normalized spacial score (nSPS) is 17.7. The molecule has 1 aromatic heterocycles. The van der Waals surface area contributed by atoms with Gasteiger partial charge in [0.05, 0.1) is 29.5 Å². The van der Waals surface area contributed by atoms with E-state index in [0.29, 0.717) is 49.4 Å². The van der Waals surface area contributed by atoms with Crippen LogP contribution in [0.25, 0.3) is 0 Å². The van der Waals surface area contributed by atoms with Crippen LogP contribution in [0.4, 0.5) is 0 Å². The van der Waals surface area contributed by atoms with Crippen molar-refractivity contribution in [2.24, 2.45) is 7.05 Å². The SMILES string of the molecule is Cc1nn(C)c(C)c1CCNC(=O)[C@@H]1CCC(=O)N[C@@H](Cc2ccccc2)COc2ccccc2C(=O)NCCCOc2ccccc2C(=O)N1. The molecule has 0 spiro atoms. The molecular weight excluding hydrogens is 648 g/mol. The summed E-state index contributed by atoms with van der Waals surface area (Å²) in [6.45, 7) is 4.91. The van der Waals surface area contributed by atoms with E-state index in [0.717, 1.165) is 22.5 Å². The number of carbonyl (C=O) groups is 4. The fraction of sp³-hybridized carbons (Fsp3) is 0.359. The average Bonchev–Trinajstić information content (AvgIpc) is 3.37. The molecule has 4 aromatic rings. The van der Waals surface area contributed by atoms with Crippen LogP contribution in [-0.4, -0.2) is 71.8 Å². The number of carbonyl (C=O) groups excluding carboxylic acids is 4. The Balaban J connectivity index is 1.36. The van der Waals surface area contributed by atoms with Gasteiger partial charge in [0.25, 0.3) is 11.8 Å². The monoisotopic (exact) mass is 694 g/mol. The molecule has 0 saturated heterocycles. The maximum absolute atomic E-state index is 13.6. The maximum atomic E-state index is 13.6. The molecule has 3 aromatic carbocycles. The number of ether oxygens (including phenoxy) is 2. The van der Waals surface area contributed by atoms with E-state index in [1.807, 2.05) is 55.9 Å². The Morgan fingerprint density at radius 1 is 0.882 bits per heavy atom. The minimum atomic E-state index is -0.996. The average molecular weight is 695 g/mol. The molecule has 2 atom stereocenters. The lowest BCUT2D eigenvalue weighted by molar-refractivity contribution is -0.124. The number of para-hydroxylation sites is 2. The first-order chi connectivity index (χ1) is 24.7. The summed E-state index contributed by atoms with van der Waals surface area (Å²) in [5.74, 6) is -0.751. The Bertz CT molecular complexity index is 1820. The van der Waals surface area contributed by atoms with Gasteiger partial charge < -0.3 is 30.7 Å². The summed E-state index contributed by atoms with van der Waals surface area (Å²) < 4.78 is 13.9. The quantitative estimate of drug-likeness (QED) is 0.241. The van der Waals surface area contributed by atoms with Gasteiger partial charge in [-0.1, -0.05) is 54.6 Å². The first-order valence-corrected chi connectivity index (χ1v) is 17.3. The Hall–Kier alpha value is -5.65. The Kier molecular flexibility index (Phi) is 12.8. The summed E-state index contributed by atoms with van der Waals surface area (Å²) in [7, 11) is 1.88. The third-order valence-corrected chi connectivity index (χ3v) is 8.87. The molecule has 4 N–H and O–H groups in total. The molecule has 1 aliphatic heterocycles. The molecule has 1 aliphatic rings. The van der Waals surface area contributed by atoms with Crippen LogP contribution in [0.1, 0.15) is 62.5 Å².